The average molecular weight is 396 g/mol. The van der Waals surface area contributed by atoms with Gasteiger partial charge in [-0.15, -0.1) is 11.3 Å². The molecule has 0 aliphatic heterocycles. The van der Waals surface area contributed by atoms with Gasteiger partial charge >= 0.3 is 0 Å². The molecule has 0 radical (unpaired) electrons. The van der Waals surface area contributed by atoms with Crippen LogP contribution in [0.2, 0.25) is 0 Å². The number of aryl methyl sites for hydroxylation is 3. The van der Waals surface area contributed by atoms with E-state index in [0.717, 1.165) is 35.4 Å². The zero-order valence-electron chi connectivity index (χ0n) is 16.5. The van der Waals surface area contributed by atoms with Gasteiger partial charge in [-0.25, -0.2) is 4.98 Å². The third-order valence-electron chi connectivity index (χ3n) is 4.53. The molecule has 0 saturated heterocycles. The summed E-state index contributed by atoms with van der Waals surface area (Å²) >= 11 is 1.57. The summed E-state index contributed by atoms with van der Waals surface area (Å²) < 4.78 is 0. The Labute approximate surface area is 168 Å². The molecule has 2 N–H and O–H groups in total. The first-order chi connectivity index (χ1) is 13.5. The fourth-order valence-corrected chi connectivity index (χ4v) is 4.33. The number of aromatic amines is 1. The first-order valence-corrected chi connectivity index (χ1v) is 10.5. The van der Waals surface area contributed by atoms with Gasteiger partial charge in [0.25, 0.3) is 11.5 Å². The van der Waals surface area contributed by atoms with E-state index in [1.807, 2.05) is 37.3 Å². The zero-order chi connectivity index (χ0) is 20.1. The molecule has 3 aromatic rings. The molecule has 1 amide bonds. The molecule has 6 heteroatoms. The lowest BCUT2D eigenvalue weighted by atomic mass is 10.1. The number of aromatic nitrogens is 2. The van der Waals surface area contributed by atoms with Crippen molar-refractivity contribution in [3.63, 3.8) is 0 Å². The van der Waals surface area contributed by atoms with Gasteiger partial charge in [-0.3, -0.25) is 9.59 Å². The Balaban J connectivity index is 1.84. The van der Waals surface area contributed by atoms with Crippen LogP contribution in [0, 0.1) is 0 Å². The SMILES string of the molecule is CCCc1sc(C(=O)Nc2cccc(-c3nc(CC)cc(=O)[nH]3)c2)cc1CC. The normalized spacial score (nSPS) is 10.8. The van der Waals surface area contributed by atoms with Crippen LogP contribution in [-0.2, 0) is 19.3 Å². The number of hydrogen-bond acceptors (Lipinski definition) is 4. The smallest absolute Gasteiger partial charge is 0.265 e. The summed E-state index contributed by atoms with van der Waals surface area (Å²) in [6.07, 6.45) is 3.69. The van der Waals surface area contributed by atoms with E-state index >= 15 is 0 Å². The molecule has 5 nitrogen and oxygen atoms in total. The van der Waals surface area contributed by atoms with Crippen molar-refractivity contribution in [2.75, 3.05) is 5.32 Å². The third kappa shape index (κ3) is 4.57. The second kappa shape index (κ2) is 8.97. The Morgan fingerprint density at radius 1 is 1.14 bits per heavy atom. The maximum absolute atomic E-state index is 12.7. The number of H-pyrrole nitrogens is 1. The summed E-state index contributed by atoms with van der Waals surface area (Å²) in [5.74, 6) is 0.401. The lowest BCUT2D eigenvalue weighted by molar-refractivity contribution is 0.103. The van der Waals surface area contributed by atoms with Crippen LogP contribution >= 0.6 is 11.3 Å². The number of hydrogen-bond donors (Lipinski definition) is 2. The van der Waals surface area contributed by atoms with Crippen LogP contribution in [0.3, 0.4) is 0 Å². The largest absolute Gasteiger partial charge is 0.321 e. The molecular formula is C22H25N3O2S. The second-order valence-corrected chi connectivity index (χ2v) is 7.77. The highest BCUT2D eigenvalue weighted by Gasteiger charge is 2.14. The van der Waals surface area contributed by atoms with Gasteiger partial charge in [0.15, 0.2) is 0 Å². The molecule has 2 aromatic heterocycles. The molecule has 2 heterocycles. The Kier molecular flexibility index (Phi) is 6.41. The van der Waals surface area contributed by atoms with Crippen LogP contribution in [0.25, 0.3) is 11.4 Å². The number of thiophene rings is 1. The van der Waals surface area contributed by atoms with Gasteiger partial charge in [0.2, 0.25) is 0 Å². The molecule has 3 rings (SSSR count). The number of nitrogens with one attached hydrogen (secondary N) is 2. The number of benzene rings is 1. The van der Waals surface area contributed by atoms with Crippen molar-refractivity contribution < 1.29 is 4.79 Å². The van der Waals surface area contributed by atoms with Crippen molar-refractivity contribution in [2.45, 2.75) is 46.5 Å². The van der Waals surface area contributed by atoms with Crippen LogP contribution in [0.15, 0.2) is 41.2 Å². The summed E-state index contributed by atoms with van der Waals surface area (Å²) in [7, 11) is 0. The van der Waals surface area contributed by atoms with Gasteiger partial charge in [0.05, 0.1) is 4.88 Å². The first-order valence-electron chi connectivity index (χ1n) is 9.67. The zero-order valence-corrected chi connectivity index (χ0v) is 17.3. The van der Waals surface area contributed by atoms with E-state index in [2.05, 4.69) is 29.1 Å². The monoisotopic (exact) mass is 395 g/mol. The number of anilines is 1. The highest BCUT2D eigenvalue weighted by atomic mass is 32.1. The maximum atomic E-state index is 12.7. The number of rotatable bonds is 7. The van der Waals surface area contributed by atoms with Crippen LogP contribution in [0.4, 0.5) is 5.69 Å². The Bertz CT molecular complexity index is 1040. The lowest BCUT2D eigenvalue weighted by Crippen LogP contribution is -2.11. The third-order valence-corrected chi connectivity index (χ3v) is 5.77. The Morgan fingerprint density at radius 3 is 2.68 bits per heavy atom. The summed E-state index contributed by atoms with van der Waals surface area (Å²) in [6, 6.07) is 10.9. The minimum Gasteiger partial charge on any atom is -0.321 e. The molecule has 0 atom stereocenters. The Morgan fingerprint density at radius 2 is 1.96 bits per heavy atom. The van der Waals surface area contributed by atoms with Crippen molar-refractivity contribution in [3.8, 4) is 11.4 Å². The minimum absolute atomic E-state index is 0.108. The van der Waals surface area contributed by atoms with Gasteiger partial charge in [0, 0.05) is 27.9 Å². The molecule has 0 aliphatic carbocycles. The molecule has 0 saturated carbocycles. The summed E-state index contributed by atoms with van der Waals surface area (Å²) in [5, 5.41) is 2.97. The molecular weight excluding hydrogens is 370 g/mol. The average Bonchev–Trinajstić information content (AvgIpc) is 3.11. The van der Waals surface area contributed by atoms with Gasteiger partial charge in [0.1, 0.15) is 5.82 Å². The highest BCUT2D eigenvalue weighted by Crippen LogP contribution is 2.26. The molecule has 0 aliphatic rings. The van der Waals surface area contributed by atoms with Crippen molar-refractivity contribution in [2.24, 2.45) is 0 Å². The van der Waals surface area contributed by atoms with E-state index < -0.39 is 0 Å². The number of carbonyl (C=O) groups is 1. The second-order valence-electron chi connectivity index (χ2n) is 6.64. The van der Waals surface area contributed by atoms with Gasteiger partial charge in [-0.2, -0.15) is 0 Å². The predicted octanol–water partition coefficient (Wildman–Crippen LogP) is 4.83. The van der Waals surface area contributed by atoms with Crippen LogP contribution in [0.5, 0.6) is 0 Å². The van der Waals surface area contributed by atoms with Crippen molar-refractivity contribution in [3.05, 3.63) is 67.8 Å². The van der Waals surface area contributed by atoms with E-state index in [1.165, 1.54) is 16.5 Å². The van der Waals surface area contributed by atoms with E-state index in [1.54, 1.807) is 11.3 Å². The quantitative estimate of drug-likeness (QED) is 0.602. The standard InChI is InChI=1S/C22H25N3O2S/c1-4-8-18-14(5-2)12-19(28-18)22(27)24-17-10-7-9-15(11-17)21-23-16(6-3)13-20(26)25-21/h7,9-13H,4-6,8H2,1-3H3,(H,24,27)(H,23,25,26). The molecule has 1 aromatic carbocycles. The Hall–Kier alpha value is -2.73. The first kappa shape index (κ1) is 20.0. The summed E-state index contributed by atoms with van der Waals surface area (Å²) in [6.45, 7) is 6.22. The lowest BCUT2D eigenvalue weighted by Gasteiger charge is -2.07. The van der Waals surface area contributed by atoms with E-state index in [0.29, 0.717) is 17.9 Å². The molecule has 28 heavy (non-hydrogen) atoms. The van der Waals surface area contributed by atoms with Crippen LogP contribution < -0.4 is 10.9 Å². The number of carbonyl (C=O) groups excluding carboxylic acids is 1. The van der Waals surface area contributed by atoms with E-state index in [9.17, 15) is 9.59 Å². The summed E-state index contributed by atoms with van der Waals surface area (Å²) in [4.78, 5) is 33.8. The molecule has 0 spiro atoms. The number of nitrogens with zero attached hydrogens (tertiary/aromatic N) is 1. The van der Waals surface area contributed by atoms with Crippen molar-refractivity contribution >= 4 is 22.9 Å². The highest BCUT2D eigenvalue weighted by molar-refractivity contribution is 7.14. The fraction of sp³-hybridized carbons (Fsp3) is 0.318. The molecule has 146 valence electrons. The van der Waals surface area contributed by atoms with Crippen LogP contribution in [0.1, 0.15) is 53.0 Å². The van der Waals surface area contributed by atoms with E-state index in [4.69, 9.17) is 0 Å². The van der Waals surface area contributed by atoms with Gasteiger partial charge in [-0.1, -0.05) is 39.3 Å². The molecule has 0 fully saturated rings. The topological polar surface area (TPSA) is 74.8 Å². The van der Waals surface area contributed by atoms with Crippen molar-refractivity contribution in [1.29, 1.82) is 0 Å². The maximum Gasteiger partial charge on any atom is 0.265 e. The molecule has 0 unspecified atom stereocenters. The molecule has 0 bridgehead atoms. The van der Waals surface area contributed by atoms with Crippen molar-refractivity contribution in [1.82, 2.24) is 9.97 Å². The van der Waals surface area contributed by atoms with Crippen LogP contribution in [-0.4, -0.2) is 15.9 Å². The minimum atomic E-state index is -0.176. The van der Waals surface area contributed by atoms with E-state index in [-0.39, 0.29) is 11.5 Å². The number of amides is 1. The van der Waals surface area contributed by atoms with Gasteiger partial charge < -0.3 is 10.3 Å². The fourth-order valence-electron chi connectivity index (χ4n) is 3.08. The summed E-state index contributed by atoms with van der Waals surface area (Å²) in [5.41, 5.74) is 3.25. The predicted molar refractivity (Wildman–Crippen MR) is 115 cm³/mol. The van der Waals surface area contributed by atoms with Gasteiger partial charge in [-0.05, 0) is 43.0 Å².